The number of nitrogens with zero attached hydrogens (tertiary/aromatic N) is 4. The normalized spacial score (nSPS) is 25.8. The summed E-state index contributed by atoms with van der Waals surface area (Å²) in [5.74, 6) is 0.380. The van der Waals surface area contributed by atoms with E-state index >= 15 is 0 Å². The first-order valence-corrected chi connectivity index (χ1v) is 10.9. The van der Waals surface area contributed by atoms with Crippen LogP contribution in [0.5, 0.6) is 11.6 Å². The highest BCUT2D eigenvalue weighted by Crippen LogP contribution is 2.34. The Balaban J connectivity index is 1.31. The van der Waals surface area contributed by atoms with Crippen LogP contribution in [0.4, 0.5) is 4.39 Å². The first-order valence-electron chi connectivity index (χ1n) is 10.1. The van der Waals surface area contributed by atoms with Crippen LogP contribution in [-0.4, -0.2) is 49.9 Å². The Hall–Kier alpha value is -2.65. The molecular weight excluding hydrogens is 405 g/mol. The lowest BCUT2D eigenvalue weighted by Crippen LogP contribution is -2.59. The maximum atomic E-state index is 14.7. The van der Waals surface area contributed by atoms with E-state index in [1.165, 1.54) is 11.3 Å². The van der Waals surface area contributed by atoms with Crippen molar-refractivity contribution in [1.29, 1.82) is 0 Å². The molecular formula is C21H22FN5O2S. The number of hydrogen-bond donors (Lipinski definition) is 2. The average molecular weight is 428 g/mol. The number of rotatable bonds is 4. The van der Waals surface area contributed by atoms with E-state index in [0.717, 1.165) is 34.8 Å². The maximum absolute atomic E-state index is 14.7. The van der Waals surface area contributed by atoms with Crippen molar-refractivity contribution >= 4 is 11.3 Å². The number of benzene rings is 1. The molecule has 2 N–H and O–H groups in total. The van der Waals surface area contributed by atoms with E-state index in [-0.39, 0.29) is 11.8 Å². The molecule has 0 radical (unpaired) electrons. The standard InChI is InChI=1S/C21H22FN5O2S/c1-11-24-27-21(30-11)12-5-6-14(17(28)9-12)15-7-8-19(26-25-15)29-18-10-13-3-2-4-16(23-13)20(18)22/h5-9,13,16,18,20,23,28H,2-4,10H2,1H3/t13-,16+,18-,20+/m0/s1. The Morgan fingerprint density at radius 2 is 2.03 bits per heavy atom. The minimum absolute atomic E-state index is 0.0818. The molecule has 1 aromatic carbocycles. The zero-order valence-corrected chi connectivity index (χ0v) is 17.3. The van der Waals surface area contributed by atoms with Crippen LogP contribution in [0.25, 0.3) is 21.8 Å². The summed E-state index contributed by atoms with van der Waals surface area (Å²) in [5.41, 5.74) is 1.86. The molecule has 0 amide bonds. The van der Waals surface area contributed by atoms with Crippen LogP contribution in [-0.2, 0) is 0 Å². The highest BCUT2D eigenvalue weighted by Gasteiger charge is 2.41. The first-order chi connectivity index (χ1) is 14.6. The molecule has 2 aliphatic rings. The van der Waals surface area contributed by atoms with Gasteiger partial charge in [-0.25, -0.2) is 4.39 Å². The first kappa shape index (κ1) is 19.3. The molecule has 3 aromatic rings. The number of alkyl halides is 1. The van der Waals surface area contributed by atoms with E-state index in [0.29, 0.717) is 29.6 Å². The number of halogens is 1. The van der Waals surface area contributed by atoms with Crippen molar-refractivity contribution < 1.29 is 14.2 Å². The smallest absolute Gasteiger partial charge is 0.233 e. The number of aryl methyl sites for hydroxylation is 1. The third kappa shape index (κ3) is 3.75. The number of fused-ring (bicyclic) bond motifs is 2. The molecule has 7 nitrogen and oxygen atoms in total. The number of aromatic nitrogens is 4. The number of hydrogen-bond acceptors (Lipinski definition) is 8. The van der Waals surface area contributed by atoms with Gasteiger partial charge in [0.2, 0.25) is 5.88 Å². The topological polar surface area (TPSA) is 93.1 Å². The number of piperidine rings is 2. The highest BCUT2D eigenvalue weighted by atomic mass is 32.1. The van der Waals surface area contributed by atoms with Gasteiger partial charge in [0.15, 0.2) is 6.17 Å². The maximum Gasteiger partial charge on any atom is 0.233 e. The zero-order chi connectivity index (χ0) is 20.7. The number of phenols is 1. The van der Waals surface area contributed by atoms with Gasteiger partial charge < -0.3 is 15.2 Å². The van der Waals surface area contributed by atoms with Crippen molar-refractivity contribution in [3.05, 3.63) is 35.3 Å². The molecule has 2 aliphatic heterocycles. The fourth-order valence-electron chi connectivity index (χ4n) is 4.25. The Morgan fingerprint density at radius 1 is 1.13 bits per heavy atom. The summed E-state index contributed by atoms with van der Waals surface area (Å²) in [7, 11) is 0. The summed E-state index contributed by atoms with van der Waals surface area (Å²) in [4.78, 5) is 0. The lowest BCUT2D eigenvalue weighted by molar-refractivity contribution is 0.00652. The molecule has 9 heteroatoms. The van der Waals surface area contributed by atoms with Gasteiger partial charge in [-0.2, -0.15) is 0 Å². The van der Waals surface area contributed by atoms with Crippen LogP contribution < -0.4 is 10.1 Å². The number of ether oxygens (including phenoxy) is 1. The molecule has 156 valence electrons. The zero-order valence-electron chi connectivity index (χ0n) is 16.5. The SMILES string of the molecule is Cc1nnc(-c2ccc(-c3ccc(O[C@H]4C[C@@H]5CCC[C@@H](N5)[C@H]4F)nn3)c(O)c2)s1. The largest absolute Gasteiger partial charge is 0.507 e. The Bertz CT molecular complexity index is 1040. The van der Waals surface area contributed by atoms with Crippen molar-refractivity contribution in [3.8, 4) is 33.5 Å². The highest BCUT2D eigenvalue weighted by molar-refractivity contribution is 7.14. The Kier molecular flexibility index (Phi) is 5.08. The van der Waals surface area contributed by atoms with Gasteiger partial charge in [-0.15, -0.1) is 20.4 Å². The summed E-state index contributed by atoms with van der Waals surface area (Å²) < 4.78 is 20.5. The van der Waals surface area contributed by atoms with Crippen molar-refractivity contribution in [2.75, 3.05) is 0 Å². The van der Waals surface area contributed by atoms with Gasteiger partial charge in [0.25, 0.3) is 0 Å². The van der Waals surface area contributed by atoms with Gasteiger partial charge in [0.05, 0.1) is 5.69 Å². The monoisotopic (exact) mass is 427 g/mol. The molecule has 2 aromatic heterocycles. The van der Waals surface area contributed by atoms with Gasteiger partial charge in [0.1, 0.15) is 21.9 Å². The predicted molar refractivity (Wildman–Crippen MR) is 111 cm³/mol. The molecule has 4 heterocycles. The fraction of sp³-hybridized carbons (Fsp3) is 0.429. The summed E-state index contributed by atoms with van der Waals surface area (Å²) in [5, 5.41) is 31.8. The van der Waals surface area contributed by atoms with Crippen molar-refractivity contribution in [2.45, 2.75) is 57.0 Å². The van der Waals surface area contributed by atoms with Crippen LogP contribution in [0.3, 0.4) is 0 Å². The van der Waals surface area contributed by atoms with Gasteiger partial charge in [0, 0.05) is 35.7 Å². The Morgan fingerprint density at radius 3 is 2.77 bits per heavy atom. The number of phenolic OH excluding ortho intramolecular Hbond substituents is 1. The van der Waals surface area contributed by atoms with Crippen LogP contribution >= 0.6 is 11.3 Å². The van der Waals surface area contributed by atoms with Gasteiger partial charge in [-0.05, 0) is 38.0 Å². The van der Waals surface area contributed by atoms with Crippen LogP contribution in [0.15, 0.2) is 30.3 Å². The molecule has 2 saturated heterocycles. The van der Waals surface area contributed by atoms with Crippen molar-refractivity contribution in [2.24, 2.45) is 0 Å². The molecule has 2 fully saturated rings. The molecule has 4 atom stereocenters. The quantitative estimate of drug-likeness (QED) is 0.656. The van der Waals surface area contributed by atoms with Gasteiger partial charge in [-0.3, -0.25) is 0 Å². The average Bonchev–Trinajstić information content (AvgIpc) is 3.19. The van der Waals surface area contributed by atoms with E-state index in [2.05, 4.69) is 25.7 Å². The second-order valence-electron chi connectivity index (χ2n) is 7.85. The third-order valence-electron chi connectivity index (χ3n) is 5.73. The van der Waals surface area contributed by atoms with E-state index < -0.39 is 12.3 Å². The van der Waals surface area contributed by atoms with E-state index in [4.69, 9.17) is 4.74 Å². The molecule has 5 rings (SSSR count). The van der Waals surface area contributed by atoms with Crippen LogP contribution in [0.1, 0.15) is 30.7 Å². The molecule has 0 unspecified atom stereocenters. The van der Waals surface area contributed by atoms with Crippen LogP contribution in [0.2, 0.25) is 0 Å². The summed E-state index contributed by atoms with van der Waals surface area (Å²) >= 11 is 1.46. The van der Waals surface area contributed by atoms with E-state index in [9.17, 15) is 9.50 Å². The minimum Gasteiger partial charge on any atom is -0.507 e. The van der Waals surface area contributed by atoms with E-state index in [1.54, 1.807) is 24.3 Å². The predicted octanol–water partition coefficient (Wildman–Crippen LogP) is 3.68. The number of aromatic hydroxyl groups is 1. The number of nitrogens with one attached hydrogen (secondary N) is 1. The lowest BCUT2D eigenvalue weighted by Gasteiger charge is -2.42. The third-order valence-corrected chi connectivity index (χ3v) is 6.62. The van der Waals surface area contributed by atoms with Crippen molar-refractivity contribution in [3.63, 3.8) is 0 Å². The molecule has 0 saturated carbocycles. The molecule has 0 aliphatic carbocycles. The lowest BCUT2D eigenvalue weighted by atomic mass is 9.84. The summed E-state index contributed by atoms with van der Waals surface area (Å²) in [6.45, 7) is 1.88. The summed E-state index contributed by atoms with van der Waals surface area (Å²) in [6.07, 6.45) is 2.03. The van der Waals surface area contributed by atoms with Crippen LogP contribution in [0, 0.1) is 6.92 Å². The molecule has 2 bridgehead atoms. The summed E-state index contributed by atoms with van der Waals surface area (Å²) in [6, 6.07) is 8.85. The van der Waals surface area contributed by atoms with Gasteiger partial charge in [-0.1, -0.05) is 23.8 Å². The Labute approximate surface area is 177 Å². The second-order valence-corrected chi connectivity index (χ2v) is 9.03. The van der Waals surface area contributed by atoms with E-state index in [1.807, 2.05) is 13.0 Å². The van der Waals surface area contributed by atoms with Gasteiger partial charge >= 0.3 is 0 Å². The fourth-order valence-corrected chi connectivity index (χ4v) is 4.94. The minimum atomic E-state index is -1.05. The van der Waals surface area contributed by atoms with Crippen molar-refractivity contribution in [1.82, 2.24) is 25.7 Å². The molecule has 30 heavy (non-hydrogen) atoms. The molecule has 0 spiro atoms. The second kappa shape index (κ2) is 7.88.